The minimum atomic E-state index is -0.191. The van der Waals surface area contributed by atoms with E-state index in [4.69, 9.17) is 0 Å². The van der Waals surface area contributed by atoms with Crippen molar-refractivity contribution in [2.24, 2.45) is 0 Å². The second kappa shape index (κ2) is 6.92. The van der Waals surface area contributed by atoms with E-state index in [1.807, 2.05) is 24.3 Å². The van der Waals surface area contributed by atoms with Crippen molar-refractivity contribution in [3.8, 4) is 0 Å². The second-order valence-electron chi connectivity index (χ2n) is 6.36. The van der Waals surface area contributed by atoms with Crippen molar-refractivity contribution in [2.75, 3.05) is 4.90 Å². The van der Waals surface area contributed by atoms with Gasteiger partial charge in [-0.05, 0) is 42.7 Å². The molecule has 3 heterocycles. The van der Waals surface area contributed by atoms with E-state index in [0.29, 0.717) is 24.1 Å². The molecular formula is C20H19N5O. The van der Waals surface area contributed by atoms with Gasteiger partial charge in [-0.2, -0.15) is 0 Å². The average Bonchev–Trinajstić information content (AvgIpc) is 3.03. The molecule has 0 saturated heterocycles. The van der Waals surface area contributed by atoms with Crippen LogP contribution in [0.2, 0.25) is 0 Å². The largest absolute Gasteiger partial charge is 0.348 e. The van der Waals surface area contributed by atoms with Crippen LogP contribution in [-0.2, 0) is 13.0 Å². The molecule has 26 heavy (non-hydrogen) atoms. The van der Waals surface area contributed by atoms with Crippen LogP contribution in [0.15, 0.2) is 61.2 Å². The summed E-state index contributed by atoms with van der Waals surface area (Å²) in [6, 6.07) is 12.3. The highest BCUT2D eigenvalue weighted by Gasteiger charge is 2.28. The summed E-state index contributed by atoms with van der Waals surface area (Å²) in [5.41, 5.74) is 3.87. The van der Waals surface area contributed by atoms with Gasteiger partial charge in [-0.1, -0.05) is 18.2 Å². The van der Waals surface area contributed by atoms with Gasteiger partial charge in [-0.3, -0.25) is 9.78 Å². The topological polar surface area (TPSA) is 71.0 Å². The van der Waals surface area contributed by atoms with Crippen LogP contribution in [0.5, 0.6) is 0 Å². The quantitative estimate of drug-likeness (QED) is 0.787. The van der Waals surface area contributed by atoms with Gasteiger partial charge in [0.05, 0.1) is 5.56 Å². The van der Waals surface area contributed by atoms with Gasteiger partial charge < -0.3 is 10.2 Å². The number of rotatable bonds is 4. The van der Waals surface area contributed by atoms with E-state index in [9.17, 15) is 4.79 Å². The maximum absolute atomic E-state index is 12.3. The molecule has 0 saturated carbocycles. The summed E-state index contributed by atoms with van der Waals surface area (Å²) < 4.78 is 0. The van der Waals surface area contributed by atoms with Crippen LogP contribution >= 0.6 is 0 Å². The number of amides is 1. The minimum absolute atomic E-state index is 0.191. The van der Waals surface area contributed by atoms with Crippen molar-refractivity contribution in [3.63, 3.8) is 0 Å². The van der Waals surface area contributed by atoms with Crippen molar-refractivity contribution >= 4 is 17.5 Å². The lowest BCUT2D eigenvalue weighted by Gasteiger charge is -2.22. The first kappa shape index (κ1) is 16.2. The van der Waals surface area contributed by atoms with Crippen LogP contribution in [0.3, 0.4) is 0 Å². The highest BCUT2D eigenvalue weighted by Crippen LogP contribution is 2.35. The predicted molar refractivity (Wildman–Crippen MR) is 99.2 cm³/mol. The first-order chi connectivity index (χ1) is 12.7. The lowest BCUT2D eigenvalue weighted by atomic mass is 10.1. The molecule has 3 aromatic rings. The molecule has 2 aromatic heterocycles. The third-order valence-corrected chi connectivity index (χ3v) is 4.53. The first-order valence-corrected chi connectivity index (χ1v) is 8.58. The Balaban J connectivity index is 1.48. The van der Waals surface area contributed by atoms with Crippen LogP contribution < -0.4 is 10.2 Å². The maximum Gasteiger partial charge on any atom is 0.254 e. The smallest absolute Gasteiger partial charge is 0.254 e. The van der Waals surface area contributed by atoms with Crippen LogP contribution in [0, 0.1) is 0 Å². The normalized spacial score (nSPS) is 15.6. The van der Waals surface area contributed by atoms with Gasteiger partial charge in [-0.15, -0.1) is 0 Å². The lowest BCUT2D eigenvalue weighted by Crippen LogP contribution is -2.27. The van der Waals surface area contributed by atoms with Gasteiger partial charge in [0.2, 0.25) is 5.95 Å². The summed E-state index contributed by atoms with van der Waals surface area (Å²) in [5, 5.41) is 2.87. The van der Waals surface area contributed by atoms with Gasteiger partial charge in [-0.25, -0.2) is 9.97 Å². The van der Waals surface area contributed by atoms with Crippen molar-refractivity contribution in [3.05, 3.63) is 77.9 Å². The van der Waals surface area contributed by atoms with E-state index in [1.165, 1.54) is 5.56 Å². The standard InChI is InChI=1S/C20H19N5O/c1-14-10-16-4-2-3-5-18(16)25(14)20-23-12-17(13-24-20)19(26)22-11-15-6-8-21-9-7-15/h2-9,12-14H,10-11H2,1H3,(H,22,26). The lowest BCUT2D eigenvalue weighted by molar-refractivity contribution is 0.0950. The Kier molecular flexibility index (Phi) is 4.31. The number of nitrogens with one attached hydrogen (secondary N) is 1. The number of para-hydroxylation sites is 1. The number of nitrogens with zero attached hydrogens (tertiary/aromatic N) is 4. The third-order valence-electron chi connectivity index (χ3n) is 4.53. The Morgan fingerprint density at radius 2 is 1.88 bits per heavy atom. The fourth-order valence-corrected chi connectivity index (χ4v) is 3.22. The molecule has 0 radical (unpaired) electrons. The van der Waals surface area contributed by atoms with Gasteiger partial charge >= 0.3 is 0 Å². The molecule has 1 amide bonds. The fourth-order valence-electron chi connectivity index (χ4n) is 3.22. The van der Waals surface area contributed by atoms with Crippen molar-refractivity contribution in [1.82, 2.24) is 20.3 Å². The van der Waals surface area contributed by atoms with Gasteiger partial charge in [0.25, 0.3) is 5.91 Å². The van der Waals surface area contributed by atoms with Crippen LogP contribution in [0.4, 0.5) is 11.6 Å². The van der Waals surface area contributed by atoms with Crippen molar-refractivity contribution < 1.29 is 4.79 Å². The number of carbonyl (C=O) groups excluding carboxylic acids is 1. The summed E-state index contributed by atoms with van der Waals surface area (Å²) in [7, 11) is 0. The molecule has 1 atom stereocenters. The molecule has 6 nitrogen and oxygen atoms in total. The monoisotopic (exact) mass is 345 g/mol. The Hall–Kier alpha value is -3.28. The Morgan fingerprint density at radius 1 is 1.15 bits per heavy atom. The van der Waals surface area contributed by atoms with E-state index in [1.54, 1.807) is 24.8 Å². The molecule has 1 unspecified atom stereocenters. The third kappa shape index (κ3) is 3.13. The molecule has 4 rings (SSSR count). The number of carbonyl (C=O) groups is 1. The summed E-state index contributed by atoms with van der Waals surface area (Å²) in [4.78, 5) is 27.2. The Labute approximate surface area is 151 Å². The van der Waals surface area contributed by atoms with E-state index in [2.05, 4.69) is 44.2 Å². The van der Waals surface area contributed by atoms with Crippen LogP contribution in [0.25, 0.3) is 0 Å². The van der Waals surface area contributed by atoms with Gasteiger partial charge in [0, 0.05) is 43.1 Å². The molecule has 6 heteroatoms. The van der Waals surface area contributed by atoms with E-state index in [0.717, 1.165) is 17.7 Å². The van der Waals surface area contributed by atoms with Gasteiger partial charge in [0.15, 0.2) is 0 Å². The number of pyridine rings is 1. The number of hydrogen-bond acceptors (Lipinski definition) is 5. The molecule has 0 aliphatic carbocycles. The number of fused-ring (bicyclic) bond motifs is 1. The number of hydrogen-bond donors (Lipinski definition) is 1. The maximum atomic E-state index is 12.3. The highest BCUT2D eigenvalue weighted by atomic mass is 16.1. The average molecular weight is 345 g/mol. The first-order valence-electron chi connectivity index (χ1n) is 8.58. The highest BCUT2D eigenvalue weighted by molar-refractivity contribution is 5.93. The fraction of sp³-hybridized carbons (Fsp3) is 0.200. The van der Waals surface area contributed by atoms with Crippen LogP contribution in [0.1, 0.15) is 28.4 Å². The van der Waals surface area contributed by atoms with Crippen molar-refractivity contribution in [2.45, 2.75) is 25.9 Å². The Bertz CT molecular complexity index is 911. The zero-order valence-corrected chi connectivity index (χ0v) is 14.5. The predicted octanol–water partition coefficient (Wildman–Crippen LogP) is 2.88. The zero-order chi connectivity index (χ0) is 17.9. The number of benzene rings is 1. The molecule has 0 bridgehead atoms. The van der Waals surface area contributed by atoms with E-state index >= 15 is 0 Å². The summed E-state index contributed by atoms with van der Waals surface area (Å²) in [6.07, 6.45) is 7.53. The van der Waals surface area contributed by atoms with E-state index in [-0.39, 0.29) is 5.91 Å². The summed E-state index contributed by atoms with van der Waals surface area (Å²) >= 11 is 0. The van der Waals surface area contributed by atoms with Gasteiger partial charge in [0.1, 0.15) is 0 Å². The minimum Gasteiger partial charge on any atom is -0.348 e. The molecule has 0 fully saturated rings. The molecular weight excluding hydrogens is 326 g/mol. The Morgan fingerprint density at radius 3 is 2.65 bits per heavy atom. The molecule has 0 spiro atoms. The summed E-state index contributed by atoms with van der Waals surface area (Å²) in [6.45, 7) is 2.60. The molecule has 1 N–H and O–H groups in total. The molecule has 1 aliphatic heterocycles. The molecule has 130 valence electrons. The summed E-state index contributed by atoms with van der Waals surface area (Å²) in [5.74, 6) is 0.427. The van der Waals surface area contributed by atoms with Crippen molar-refractivity contribution in [1.29, 1.82) is 0 Å². The second-order valence-corrected chi connectivity index (χ2v) is 6.36. The zero-order valence-electron chi connectivity index (χ0n) is 14.5. The van der Waals surface area contributed by atoms with Crippen LogP contribution in [-0.4, -0.2) is 26.9 Å². The molecule has 1 aliphatic rings. The number of aromatic nitrogens is 3. The SMILES string of the molecule is CC1Cc2ccccc2N1c1ncc(C(=O)NCc2ccncc2)cn1. The number of anilines is 2. The van der Waals surface area contributed by atoms with E-state index < -0.39 is 0 Å². The molecule has 1 aromatic carbocycles.